The molecule has 1 aliphatic rings. The smallest absolute Gasteiger partial charge is 0.407 e. The van der Waals surface area contributed by atoms with E-state index in [1.807, 2.05) is 30.3 Å². The Kier molecular flexibility index (Phi) is 5.16. The fourth-order valence-electron chi connectivity index (χ4n) is 2.74. The highest BCUT2D eigenvalue weighted by molar-refractivity contribution is 5.83. The van der Waals surface area contributed by atoms with Crippen molar-refractivity contribution in [3.8, 4) is 0 Å². The van der Waals surface area contributed by atoms with E-state index < -0.39 is 6.09 Å². The largest absolute Gasteiger partial charge is 0.450 e. The normalized spacial score (nSPS) is 20.2. The highest BCUT2D eigenvalue weighted by atomic mass is 16.5. The number of alkyl carbamates (subject to hydrolysis) is 1. The molecule has 0 heterocycles. The zero-order chi connectivity index (χ0) is 14.4. The van der Waals surface area contributed by atoms with E-state index in [-0.39, 0.29) is 17.7 Å². The summed E-state index contributed by atoms with van der Waals surface area (Å²) in [5.41, 5.74) is 0.959. The van der Waals surface area contributed by atoms with Crippen LogP contribution in [0.5, 0.6) is 0 Å². The lowest BCUT2D eigenvalue weighted by Gasteiger charge is -2.29. The second-order valence-electron chi connectivity index (χ2n) is 5.07. The third-order valence-corrected chi connectivity index (χ3v) is 3.71. The fraction of sp³-hybridized carbons (Fsp3) is 0.500. The van der Waals surface area contributed by atoms with Crippen LogP contribution in [0.3, 0.4) is 0 Å². The van der Waals surface area contributed by atoms with E-state index in [4.69, 9.17) is 4.74 Å². The van der Waals surface area contributed by atoms with Gasteiger partial charge >= 0.3 is 6.09 Å². The number of carbonyl (C=O) groups is 2. The number of Topliss-reactive ketones (excluding diaryl/α,β-unsaturated/α-hetero) is 1. The average Bonchev–Trinajstić information content (AvgIpc) is 2.47. The Balaban J connectivity index is 2.19. The number of nitrogens with one attached hydrogen (secondary N) is 1. The van der Waals surface area contributed by atoms with E-state index in [1.54, 1.807) is 6.92 Å². The molecule has 1 amide bonds. The molecule has 4 nitrogen and oxygen atoms in total. The summed E-state index contributed by atoms with van der Waals surface area (Å²) < 4.78 is 4.96. The minimum Gasteiger partial charge on any atom is -0.450 e. The minimum atomic E-state index is -0.459. The van der Waals surface area contributed by atoms with Crippen LogP contribution in [-0.2, 0) is 9.53 Å². The Labute approximate surface area is 119 Å². The molecule has 1 aliphatic carbocycles. The molecule has 2 rings (SSSR count). The van der Waals surface area contributed by atoms with E-state index >= 15 is 0 Å². The van der Waals surface area contributed by atoms with Crippen LogP contribution in [0, 0.1) is 5.92 Å². The molecule has 1 N–H and O–H groups in total. The summed E-state index contributed by atoms with van der Waals surface area (Å²) in [6.07, 6.45) is 2.96. The molecule has 4 heteroatoms. The first-order chi connectivity index (χ1) is 9.72. The Bertz CT molecular complexity index is 458. The molecule has 0 spiro atoms. The van der Waals surface area contributed by atoms with Crippen molar-refractivity contribution in [3.05, 3.63) is 35.9 Å². The molecule has 0 unspecified atom stereocenters. The number of benzene rings is 1. The Morgan fingerprint density at radius 1 is 1.35 bits per heavy atom. The second-order valence-corrected chi connectivity index (χ2v) is 5.07. The third-order valence-electron chi connectivity index (χ3n) is 3.71. The van der Waals surface area contributed by atoms with Gasteiger partial charge in [0.05, 0.1) is 12.6 Å². The maximum absolute atomic E-state index is 12.2. The molecule has 0 bridgehead atoms. The van der Waals surface area contributed by atoms with E-state index in [1.165, 1.54) is 0 Å². The standard InChI is InChI=1S/C16H21NO3/c1-2-20-16(19)17-15(12-8-4-3-5-9-12)13-10-6-7-11-14(13)18/h3-5,8-9,13,15H,2,6-7,10-11H2,1H3,(H,17,19)/t13-,15+/m0/s1. The zero-order valence-electron chi connectivity index (χ0n) is 11.8. The van der Waals surface area contributed by atoms with Gasteiger partial charge in [-0.1, -0.05) is 36.8 Å². The van der Waals surface area contributed by atoms with Crippen molar-refractivity contribution < 1.29 is 14.3 Å². The van der Waals surface area contributed by atoms with Gasteiger partial charge in [0.2, 0.25) is 0 Å². The van der Waals surface area contributed by atoms with Crippen molar-refractivity contribution in [3.63, 3.8) is 0 Å². The SMILES string of the molecule is CCOC(=O)N[C@H](c1ccccc1)[C@H]1CCCCC1=O. The van der Waals surface area contributed by atoms with Crippen molar-refractivity contribution >= 4 is 11.9 Å². The molecule has 0 aliphatic heterocycles. The maximum Gasteiger partial charge on any atom is 0.407 e. The van der Waals surface area contributed by atoms with Crippen molar-refractivity contribution in [2.45, 2.75) is 38.6 Å². The lowest BCUT2D eigenvalue weighted by molar-refractivity contribution is -0.125. The lowest BCUT2D eigenvalue weighted by atomic mass is 9.80. The number of rotatable bonds is 4. The molecule has 20 heavy (non-hydrogen) atoms. The molecular weight excluding hydrogens is 254 g/mol. The number of hydrogen-bond acceptors (Lipinski definition) is 3. The molecule has 1 aromatic carbocycles. The van der Waals surface area contributed by atoms with Gasteiger partial charge in [0.15, 0.2) is 0 Å². The first kappa shape index (κ1) is 14.6. The molecule has 2 atom stereocenters. The molecular formula is C16H21NO3. The number of hydrogen-bond donors (Lipinski definition) is 1. The van der Waals surface area contributed by atoms with E-state index in [2.05, 4.69) is 5.32 Å². The van der Waals surface area contributed by atoms with E-state index in [9.17, 15) is 9.59 Å². The molecule has 1 saturated carbocycles. The summed E-state index contributed by atoms with van der Waals surface area (Å²) in [6, 6.07) is 9.36. The summed E-state index contributed by atoms with van der Waals surface area (Å²) in [5.74, 6) is 0.0949. The van der Waals surface area contributed by atoms with Crippen LogP contribution >= 0.6 is 0 Å². The first-order valence-corrected chi connectivity index (χ1v) is 7.23. The van der Waals surface area contributed by atoms with Gasteiger partial charge in [-0.15, -0.1) is 0 Å². The van der Waals surface area contributed by atoms with E-state index in [0.717, 1.165) is 24.8 Å². The van der Waals surface area contributed by atoms with Gasteiger partial charge in [-0.2, -0.15) is 0 Å². The maximum atomic E-state index is 12.2. The van der Waals surface area contributed by atoms with Gasteiger partial charge in [0, 0.05) is 12.3 Å². The monoisotopic (exact) mass is 275 g/mol. The predicted molar refractivity (Wildman–Crippen MR) is 76.3 cm³/mol. The quantitative estimate of drug-likeness (QED) is 0.917. The number of amides is 1. The van der Waals surface area contributed by atoms with Gasteiger partial charge in [-0.05, 0) is 25.3 Å². The Morgan fingerprint density at radius 3 is 2.75 bits per heavy atom. The second kappa shape index (κ2) is 7.08. The number of ether oxygens (including phenoxy) is 1. The summed E-state index contributed by atoms with van der Waals surface area (Å²) in [5, 5.41) is 2.85. The van der Waals surface area contributed by atoms with Crippen LogP contribution < -0.4 is 5.32 Å². The minimum absolute atomic E-state index is 0.143. The topological polar surface area (TPSA) is 55.4 Å². The van der Waals surface area contributed by atoms with Gasteiger partial charge in [0.25, 0.3) is 0 Å². The summed E-state index contributed by atoms with van der Waals surface area (Å²) in [4.78, 5) is 23.9. The number of ketones is 1. The summed E-state index contributed by atoms with van der Waals surface area (Å²) >= 11 is 0. The Morgan fingerprint density at radius 2 is 2.10 bits per heavy atom. The van der Waals surface area contributed by atoms with E-state index in [0.29, 0.717) is 13.0 Å². The van der Waals surface area contributed by atoms with Crippen LogP contribution in [0.2, 0.25) is 0 Å². The van der Waals surface area contributed by atoms with Gasteiger partial charge < -0.3 is 10.1 Å². The predicted octanol–water partition coefficient (Wildman–Crippen LogP) is 3.23. The highest BCUT2D eigenvalue weighted by Gasteiger charge is 2.32. The first-order valence-electron chi connectivity index (χ1n) is 7.23. The number of carbonyl (C=O) groups excluding carboxylic acids is 2. The van der Waals surface area contributed by atoms with Gasteiger partial charge in [-0.25, -0.2) is 4.79 Å². The highest BCUT2D eigenvalue weighted by Crippen LogP contribution is 2.32. The molecule has 0 aromatic heterocycles. The average molecular weight is 275 g/mol. The van der Waals surface area contributed by atoms with Gasteiger partial charge in [0.1, 0.15) is 5.78 Å². The van der Waals surface area contributed by atoms with Crippen LogP contribution in [0.1, 0.15) is 44.2 Å². The van der Waals surface area contributed by atoms with Crippen molar-refractivity contribution in [2.24, 2.45) is 5.92 Å². The van der Waals surface area contributed by atoms with Crippen LogP contribution in [0.4, 0.5) is 4.79 Å². The van der Waals surface area contributed by atoms with Crippen molar-refractivity contribution in [1.82, 2.24) is 5.32 Å². The van der Waals surface area contributed by atoms with Crippen molar-refractivity contribution in [2.75, 3.05) is 6.61 Å². The fourth-order valence-corrected chi connectivity index (χ4v) is 2.74. The third kappa shape index (κ3) is 3.59. The molecule has 1 fully saturated rings. The molecule has 108 valence electrons. The Hall–Kier alpha value is -1.84. The lowest BCUT2D eigenvalue weighted by Crippen LogP contribution is -2.38. The van der Waals surface area contributed by atoms with Crippen LogP contribution in [-0.4, -0.2) is 18.5 Å². The van der Waals surface area contributed by atoms with Gasteiger partial charge in [-0.3, -0.25) is 4.79 Å². The zero-order valence-corrected chi connectivity index (χ0v) is 11.8. The summed E-state index contributed by atoms with van der Waals surface area (Å²) in [7, 11) is 0. The molecule has 1 aromatic rings. The van der Waals surface area contributed by atoms with Crippen LogP contribution in [0.15, 0.2) is 30.3 Å². The molecule has 0 saturated heterocycles. The molecule has 0 radical (unpaired) electrons. The van der Waals surface area contributed by atoms with Crippen LogP contribution in [0.25, 0.3) is 0 Å². The summed E-state index contributed by atoms with van der Waals surface area (Å²) in [6.45, 7) is 2.09. The van der Waals surface area contributed by atoms with Crippen molar-refractivity contribution in [1.29, 1.82) is 0 Å².